The van der Waals surface area contributed by atoms with Crippen molar-refractivity contribution >= 4 is 33.2 Å². The van der Waals surface area contributed by atoms with E-state index in [1.807, 2.05) is 0 Å². The molecule has 0 atom stereocenters. The minimum atomic E-state index is -3.66. The fourth-order valence-corrected chi connectivity index (χ4v) is 3.54. The van der Waals surface area contributed by atoms with Crippen LogP contribution in [0, 0.1) is 0 Å². The molecular formula is C12H13Cl2N3O2S. The predicted octanol–water partition coefficient (Wildman–Crippen LogP) is 2.87. The van der Waals surface area contributed by atoms with Crippen LogP contribution in [0.2, 0.25) is 10.0 Å². The Morgan fingerprint density at radius 3 is 2.55 bits per heavy atom. The summed E-state index contributed by atoms with van der Waals surface area (Å²) in [6.45, 7) is 3.49. The summed E-state index contributed by atoms with van der Waals surface area (Å²) in [6.07, 6.45) is 1.40. The molecule has 0 unspecified atom stereocenters. The lowest BCUT2D eigenvalue weighted by Crippen LogP contribution is -2.31. The lowest BCUT2D eigenvalue weighted by Gasteiger charge is -2.12. The summed E-state index contributed by atoms with van der Waals surface area (Å²) in [4.78, 5) is 0. The first-order valence-corrected chi connectivity index (χ1v) is 8.07. The van der Waals surface area contributed by atoms with Crippen LogP contribution >= 0.6 is 23.2 Å². The molecule has 0 bridgehead atoms. The Bertz CT molecular complexity index is 726. The molecule has 0 radical (unpaired) electrons. The Balaban J connectivity index is 2.54. The summed E-state index contributed by atoms with van der Waals surface area (Å²) in [5.74, 6) is 0. The molecule has 0 aliphatic rings. The van der Waals surface area contributed by atoms with Crippen LogP contribution in [-0.4, -0.2) is 24.2 Å². The van der Waals surface area contributed by atoms with Crippen LogP contribution in [0.4, 0.5) is 0 Å². The van der Waals surface area contributed by atoms with Gasteiger partial charge in [-0.15, -0.1) is 0 Å². The van der Waals surface area contributed by atoms with Crippen molar-refractivity contribution in [3.05, 3.63) is 40.5 Å². The maximum Gasteiger partial charge on any atom is 0.258 e. The Kier molecular flexibility index (Phi) is 4.39. The lowest BCUT2D eigenvalue weighted by atomic mass is 10.3. The fraction of sp³-hybridized carbons (Fsp3) is 0.250. The smallest absolute Gasteiger partial charge is 0.219 e. The largest absolute Gasteiger partial charge is 0.258 e. The van der Waals surface area contributed by atoms with E-state index in [1.165, 1.54) is 23.0 Å². The molecule has 20 heavy (non-hydrogen) atoms. The second kappa shape index (κ2) is 5.73. The van der Waals surface area contributed by atoms with Crippen molar-refractivity contribution in [1.82, 2.24) is 14.5 Å². The Morgan fingerprint density at radius 2 is 1.95 bits per heavy atom. The zero-order valence-electron chi connectivity index (χ0n) is 10.8. The molecule has 0 saturated carbocycles. The average Bonchev–Trinajstić information content (AvgIpc) is 2.76. The van der Waals surface area contributed by atoms with Gasteiger partial charge in [0, 0.05) is 11.1 Å². The molecule has 5 nitrogen and oxygen atoms in total. The van der Waals surface area contributed by atoms with E-state index in [9.17, 15) is 8.42 Å². The molecule has 0 spiro atoms. The number of halogens is 2. The van der Waals surface area contributed by atoms with Gasteiger partial charge in [0.1, 0.15) is 0 Å². The average molecular weight is 334 g/mol. The summed E-state index contributed by atoms with van der Waals surface area (Å²) < 4.78 is 28.2. The van der Waals surface area contributed by atoms with Gasteiger partial charge in [0.25, 0.3) is 10.0 Å². The van der Waals surface area contributed by atoms with Crippen LogP contribution in [0.25, 0.3) is 5.69 Å². The van der Waals surface area contributed by atoms with Crippen LogP contribution in [-0.2, 0) is 10.0 Å². The van der Waals surface area contributed by atoms with E-state index in [-0.39, 0.29) is 11.1 Å². The van der Waals surface area contributed by atoms with E-state index in [2.05, 4.69) is 9.82 Å². The van der Waals surface area contributed by atoms with Crippen molar-refractivity contribution in [3.8, 4) is 5.69 Å². The van der Waals surface area contributed by atoms with Gasteiger partial charge in [-0.3, -0.25) is 0 Å². The molecule has 1 N–H and O–H groups in total. The quantitative estimate of drug-likeness (QED) is 0.935. The Hall–Kier alpha value is -1.08. The molecule has 1 aromatic heterocycles. The molecule has 1 aromatic carbocycles. The van der Waals surface area contributed by atoms with Crippen LogP contribution in [0.1, 0.15) is 13.8 Å². The van der Waals surface area contributed by atoms with Gasteiger partial charge in [-0.05, 0) is 38.1 Å². The monoisotopic (exact) mass is 333 g/mol. The van der Waals surface area contributed by atoms with Gasteiger partial charge in [0.2, 0.25) is 0 Å². The first-order valence-electron chi connectivity index (χ1n) is 5.83. The van der Waals surface area contributed by atoms with Crippen molar-refractivity contribution < 1.29 is 8.42 Å². The molecule has 1 heterocycles. The van der Waals surface area contributed by atoms with Gasteiger partial charge < -0.3 is 0 Å². The highest BCUT2D eigenvalue weighted by atomic mass is 35.5. The number of sulfonamides is 1. The highest BCUT2D eigenvalue weighted by molar-refractivity contribution is 7.89. The summed E-state index contributed by atoms with van der Waals surface area (Å²) in [6, 6.07) is 5.97. The van der Waals surface area contributed by atoms with E-state index >= 15 is 0 Å². The number of nitrogens with one attached hydrogen (secondary N) is 1. The number of benzene rings is 1. The van der Waals surface area contributed by atoms with Crippen LogP contribution in [0.3, 0.4) is 0 Å². The highest BCUT2D eigenvalue weighted by Gasteiger charge is 2.22. The predicted molar refractivity (Wildman–Crippen MR) is 79.0 cm³/mol. The van der Waals surface area contributed by atoms with Gasteiger partial charge in [0.05, 0.1) is 16.9 Å². The number of rotatable bonds is 4. The van der Waals surface area contributed by atoms with Gasteiger partial charge >= 0.3 is 0 Å². The normalized spacial score (nSPS) is 12.1. The lowest BCUT2D eigenvalue weighted by molar-refractivity contribution is 0.560. The van der Waals surface area contributed by atoms with Crippen molar-refractivity contribution in [3.63, 3.8) is 0 Å². The molecule has 0 saturated heterocycles. The number of hydrogen-bond acceptors (Lipinski definition) is 3. The standard InChI is InChI=1S/C12H13Cl2N3O2S/c1-8(2)16-20(18,19)12-5-6-15-17(12)11-4-3-9(13)7-10(11)14/h3-8,16H,1-2H3. The number of nitrogens with zero attached hydrogens (tertiary/aromatic N) is 2. The third-order valence-electron chi connectivity index (χ3n) is 2.41. The zero-order chi connectivity index (χ0) is 14.9. The Labute approximate surface area is 127 Å². The first kappa shape index (κ1) is 15.3. The van der Waals surface area contributed by atoms with Crippen molar-refractivity contribution in [1.29, 1.82) is 0 Å². The zero-order valence-corrected chi connectivity index (χ0v) is 13.2. The second-order valence-electron chi connectivity index (χ2n) is 4.45. The van der Waals surface area contributed by atoms with E-state index in [0.717, 1.165) is 0 Å². The minimum absolute atomic E-state index is 0.0235. The van der Waals surface area contributed by atoms with Crippen LogP contribution < -0.4 is 4.72 Å². The summed E-state index contributed by atoms with van der Waals surface area (Å²) in [5.41, 5.74) is 0.449. The van der Waals surface area contributed by atoms with Crippen molar-refractivity contribution in [2.45, 2.75) is 24.9 Å². The van der Waals surface area contributed by atoms with E-state index in [4.69, 9.17) is 23.2 Å². The summed E-state index contributed by atoms with van der Waals surface area (Å²) >= 11 is 11.9. The van der Waals surface area contributed by atoms with Crippen LogP contribution in [0.15, 0.2) is 35.5 Å². The van der Waals surface area contributed by atoms with Crippen LogP contribution in [0.5, 0.6) is 0 Å². The van der Waals surface area contributed by atoms with Gasteiger partial charge in [-0.2, -0.15) is 5.10 Å². The Morgan fingerprint density at radius 1 is 1.25 bits per heavy atom. The second-order valence-corrected chi connectivity index (χ2v) is 6.96. The maximum absolute atomic E-state index is 12.2. The topological polar surface area (TPSA) is 64.0 Å². The molecule has 8 heteroatoms. The molecule has 2 rings (SSSR count). The highest BCUT2D eigenvalue weighted by Crippen LogP contribution is 2.26. The van der Waals surface area contributed by atoms with E-state index < -0.39 is 10.0 Å². The maximum atomic E-state index is 12.2. The minimum Gasteiger partial charge on any atom is -0.219 e. The molecule has 0 aliphatic heterocycles. The third kappa shape index (κ3) is 3.15. The van der Waals surface area contributed by atoms with Gasteiger partial charge in [-0.1, -0.05) is 23.2 Å². The fourth-order valence-electron chi connectivity index (χ4n) is 1.70. The summed E-state index contributed by atoms with van der Waals surface area (Å²) in [7, 11) is -3.66. The molecule has 108 valence electrons. The molecule has 0 aliphatic carbocycles. The SMILES string of the molecule is CC(C)NS(=O)(=O)c1ccnn1-c1ccc(Cl)cc1Cl. The molecule has 2 aromatic rings. The van der Waals surface area contributed by atoms with E-state index in [0.29, 0.717) is 15.7 Å². The molecular weight excluding hydrogens is 321 g/mol. The first-order chi connectivity index (χ1) is 9.31. The third-order valence-corrected chi connectivity index (χ3v) is 4.59. The van der Waals surface area contributed by atoms with Crippen molar-refractivity contribution in [2.24, 2.45) is 0 Å². The number of aromatic nitrogens is 2. The van der Waals surface area contributed by atoms with Gasteiger partial charge in [0.15, 0.2) is 5.03 Å². The van der Waals surface area contributed by atoms with Gasteiger partial charge in [-0.25, -0.2) is 17.8 Å². The van der Waals surface area contributed by atoms with Crippen molar-refractivity contribution in [2.75, 3.05) is 0 Å². The number of hydrogen-bond donors (Lipinski definition) is 1. The summed E-state index contributed by atoms with van der Waals surface area (Å²) in [5, 5.41) is 4.83. The molecule has 0 fully saturated rings. The van der Waals surface area contributed by atoms with E-state index in [1.54, 1.807) is 26.0 Å². The molecule has 0 amide bonds.